The first kappa shape index (κ1) is 11.0. The van der Waals surface area contributed by atoms with E-state index < -0.39 is 5.60 Å². The second-order valence-corrected chi connectivity index (χ2v) is 5.09. The smallest absolute Gasteiger partial charge is 0.0715 e. The van der Waals surface area contributed by atoms with Crippen molar-refractivity contribution in [3.63, 3.8) is 0 Å². The molecule has 1 fully saturated rings. The summed E-state index contributed by atoms with van der Waals surface area (Å²) in [6, 6.07) is 0. The summed E-state index contributed by atoms with van der Waals surface area (Å²) in [7, 11) is 0. The van der Waals surface area contributed by atoms with Crippen molar-refractivity contribution in [3.8, 4) is 0 Å². The lowest BCUT2D eigenvalue weighted by molar-refractivity contribution is -0.0515. The molecule has 78 valence electrons. The summed E-state index contributed by atoms with van der Waals surface area (Å²) < 4.78 is 0. The Bertz CT molecular complexity index is 196. The molecule has 1 unspecified atom stereocenters. The van der Waals surface area contributed by atoms with Crippen molar-refractivity contribution in [3.05, 3.63) is 0 Å². The van der Waals surface area contributed by atoms with Crippen LogP contribution in [-0.4, -0.2) is 17.3 Å². The number of aliphatic hydroxyl groups is 1. The predicted molar refractivity (Wildman–Crippen MR) is 55.4 cm³/mol. The molecule has 1 aliphatic rings. The van der Waals surface area contributed by atoms with Crippen LogP contribution < -0.4 is 5.73 Å². The first-order valence-corrected chi connectivity index (χ1v) is 5.31. The van der Waals surface area contributed by atoms with Crippen LogP contribution in [-0.2, 0) is 0 Å². The average Bonchev–Trinajstić information content (AvgIpc) is 2.69. The summed E-state index contributed by atoms with van der Waals surface area (Å²) in [5.41, 5.74) is 5.47. The van der Waals surface area contributed by atoms with E-state index in [9.17, 15) is 5.11 Å². The standard InChI is InChI=1S/C11H23NO/c1-5-11(13,6-2)10(8-12)7-9(10,3)4/h13H,5-8,12H2,1-4H3. The van der Waals surface area contributed by atoms with E-state index in [1.807, 2.05) is 0 Å². The molecule has 0 aromatic rings. The molecule has 2 nitrogen and oxygen atoms in total. The van der Waals surface area contributed by atoms with Crippen molar-refractivity contribution in [1.29, 1.82) is 0 Å². The molecule has 3 N–H and O–H groups in total. The number of hydrogen-bond donors (Lipinski definition) is 2. The van der Waals surface area contributed by atoms with Gasteiger partial charge in [0, 0.05) is 12.0 Å². The fraction of sp³-hybridized carbons (Fsp3) is 1.00. The van der Waals surface area contributed by atoms with Gasteiger partial charge in [-0.05, 0) is 24.7 Å². The summed E-state index contributed by atoms with van der Waals surface area (Å²) in [6.45, 7) is 9.12. The maximum Gasteiger partial charge on any atom is 0.0715 e. The Morgan fingerprint density at radius 3 is 1.77 bits per heavy atom. The van der Waals surface area contributed by atoms with Crippen molar-refractivity contribution >= 4 is 0 Å². The van der Waals surface area contributed by atoms with Crippen LogP contribution in [0, 0.1) is 10.8 Å². The molecule has 0 radical (unpaired) electrons. The zero-order valence-electron chi connectivity index (χ0n) is 9.35. The molecule has 1 saturated carbocycles. The van der Waals surface area contributed by atoms with Crippen LogP contribution in [0.4, 0.5) is 0 Å². The molecule has 0 amide bonds. The molecule has 1 aliphatic carbocycles. The zero-order valence-corrected chi connectivity index (χ0v) is 9.35. The molecule has 0 spiro atoms. The number of hydrogen-bond acceptors (Lipinski definition) is 2. The summed E-state index contributed by atoms with van der Waals surface area (Å²) in [5.74, 6) is 0. The van der Waals surface area contributed by atoms with E-state index in [1.54, 1.807) is 0 Å². The molecule has 0 heterocycles. The summed E-state index contributed by atoms with van der Waals surface area (Å²) in [4.78, 5) is 0. The Hall–Kier alpha value is -0.0800. The van der Waals surface area contributed by atoms with Gasteiger partial charge >= 0.3 is 0 Å². The first-order valence-electron chi connectivity index (χ1n) is 5.31. The molecular weight excluding hydrogens is 162 g/mol. The normalized spacial score (nSPS) is 31.8. The van der Waals surface area contributed by atoms with Crippen LogP contribution in [0.15, 0.2) is 0 Å². The molecule has 0 aromatic carbocycles. The highest BCUT2D eigenvalue weighted by molar-refractivity contribution is 5.19. The van der Waals surface area contributed by atoms with Crippen molar-refractivity contribution in [2.24, 2.45) is 16.6 Å². The average molecular weight is 185 g/mol. The molecule has 2 heteroatoms. The SMILES string of the molecule is CCC(O)(CC)C1(CN)CC1(C)C. The number of rotatable bonds is 4. The van der Waals surface area contributed by atoms with Gasteiger partial charge in [-0.25, -0.2) is 0 Å². The molecule has 1 rings (SSSR count). The van der Waals surface area contributed by atoms with Gasteiger partial charge in [-0.3, -0.25) is 0 Å². The Kier molecular flexibility index (Phi) is 2.50. The maximum absolute atomic E-state index is 10.5. The van der Waals surface area contributed by atoms with Gasteiger partial charge in [0.15, 0.2) is 0 Å². The Morgan fingerprint density at radius 1 is 1.31 bits per heavy atom. The Labute approximate surface area is 81.5 Å². The van der Waals surface area contributed by atoms with E-state index in [-0.39, 0.29) is 10.8 Å². The predicted octanol–water partition coefficient (Wildman–Crippen LogP) is 1.91. The third kappa shape index (κ3) is 1.23. The highest BCUT2D eigenvalue weighted by atomic mass is 16.3. The molecule has 1 atom stereocenters. The van der Waals surface area contributed by atoms with Gasteiger partial charge in [-0.1, -0.05) is 27.7 Å². The maximum atomic E-state index is 10.5. The lowest BCUT2D eigenvalue weighted by Gasteiger charge is -2.37. The second kappa shape index (κ2) is 2.96. The highest BCUT2D eigenvalue weighted by Crippen LogP contribution is 2.69. The van der Waals surface area contributed by atoms with Crippen molar-refractivity contribution in [1.82, 2.24) is 0 Å². The lowest BCUT2D eigenvalue weighted by atomic mass is 9.75. The lowest BCUT2D eigenvalue weighted by Crippen LogP contribution is -2.45. The van der Waals surface area contributed by atoms with E-state index in [2.05, 4.69) is 27.7 Å². The van der Waals surface area contributed by atoms with E-state index in [1.165, 1.54) is 0 Å². The van der Waals surface area contributed by atoms with Crippen LogP contribution in [0.3, 0.4) is 0 Å². The van der Waals surface area contributed by atoms with E-state index in [0.29, 0.717) is 6.54 Å². The second-order valence-electron chi connectivity index (χ2n) is 5.09. The zero-order chi connectivity index (χ0) is 10.3. The van der Waals surface area contributed by atoms with Crippen molar-refractivity contribution < 1.29 is 5.11 Å². The molecule has 0 aliphatic heterocycles. The third-order valence-corrected chi connectivity index (χ3v) is 4.32. The van der Waals surface area contributed by atoms with E-state index >= 15 is 0 Å². The minimum atomic E-state index is -0.550. The highest BCUT2D eigenvalue weighted by Gasteiger charge is 2.68. The molecule has 0 bridgehead atoms. The molecular formula is C11H23NO. The topological polar surface area (TPSA) is 46.2 Å². The van der Waals surface area contributed by atoms with Crippen molar-refractivity contribution in [2.75, 3.05) is 6.54 Å². The molecule has 0 aromatic heterocycles. The van der Waals surface area contributed by atoms with Crippen LogP contribution in [0.25, 0.3) is 0 Å². The van der Waals surface area contributed by atoms with Gasteiger partial charge in [0.1, 0.15) is 0 Å². The van der Waals surface area contributed by atoms with Crippen LogP contribution in [0.5, 0.6) is 0 Å². The fourth-order valence-corrected chi connectivity index (χ4v) is 2.97. The van der Waals surface area contributed by atoms with Crippen molar-refractivity contribution in [2.45, 2.75) is 52.6 Å². The minimum absolute atomic E-state index is 0.0243. The number of nitrogens with two attached hydrogens (primary N) is 1. The van der Waals surface area contributed by atoms with Gasteiger partial charge in [-0.2, -0.15) is 0 Å². The third-order valence-electron chi connectivity index (χ3n) is 4.32. The largest absolute Gasteiger partial charge is 0.389 e. The first-order chi connectivity index (χ1) is 5.89. The fourth-order valence-electron chi connectivity index (χ4n) is 2.97. The Balaban J connectivity index is 2.91. The Morgan fingerprint density at radius 2 is 1.69 bits per heavy atom. The van der Waals surface area contributed by atoms with Gasteiger partial charge in [0.05, 0.1) is 5.60 Å². The van der Waals surface area contributed by atoms with E-state index in [4.69, 9.17) is 5.73 Å². The summed E-state index contributed by atoms with van der Waals surface area (Å²) in [5, 5.41) is 10.5. The van der Waals surface area contributed by atoms with Gasteiger partial charge in [-0.15, -0.1) is 0 Å². The molecule has 0 saturated heterocycles. The van der Waals surface area contributed by atoms with Gasteiger partial charge in [0.25, 0.3) is 0 Å². The summed E-state index contributed by atoms with van der Waals surface area (Å²) in [6.07, 6.45) is 2.68. The monoisotopic (exact) mass is 185 g/mol. The van der Waals surface area contributed by atoms with Gasteiger partial charge < -0.3 is 10.8 Å². The minimum Gasteiger partial charge on any atom is -0.389 e. The quantitative estimate of drug-likeness (QED) is 0.703. The van der Waals surface area contributed by atoms with Gasteiger partial charge in [0.2, 0.25) is 0 Å². The van der Waals surface area contributed by atoms with Crippen LogP contribution in [0.1, 0.15) is 47.0 Å². The summed E-state index contributed by atoms with van der Waals surface area (Å²) >= 11 is 0. The van der Waals surface area contributed by atoms with E-state index in [0.717, 1.165) is 19.3 Å². The van der Waals surface area contributed by atoms with Crippen LogP contribution >= 0.6 is 0 Å². The van der Waals surface area contributed by atoms with Crippen LogP contribution in [0.2, 0.25) is 0 Å². The molecule has 13 heavy (non-hydrogen) atoms.